The summed E-state index contributed by atoms with van der Waals surface area (Å²) in [5, 5.41) is -0.0981. The summed E-state index contributed by atoms with van der Waals surface area (Å²) in [5.41, 5.74) is 4.91. The molecular formula is C24H26S. The molecule has 25 heavy (non-hydrogen) atoms. The quantitative estimate of drug-likeness (QED) is 0.523. The number of thioether (sulfide) groups is 1. The number of hydrogen-bond donors (Lipinski definition) is 0. The molecule has 1 heteroatoms. The van der Waals surface area contributed by atoms with Crippen LogP contribution in [-0.4, -0.2) is 0 Å². The Morgan fingerprint density at radius 3 is 1.12 bits per heavy atom. The van der Waals surface area contributed by atoms with Crippen molar-refractivity contribution in [2.24, 2.45) is 0 Å². The van der Waals surface area contributed by atoms with Gasteiger partial charge in [0.2, 0.25) is 0 Å². The van der Waals surface area contributed by atoms with Crippen molar-refractivity contribution in [3.8, 4) is 24.7 Å². The van der Waals surface area contributed by atoms with Gasteiger partial charge in [0, 0.05) is 0 Å². The van der Waals surface area contributed by atoms with Gasteiger partial charge in [-0.15, -0.1) is 24.6 Å². The van der Waals surface area contributed by atoms with Crippen molar-refractivity contribution in [1.82, 2.24) is 0 Å². The molecule has 0 aliphatic heterocycles. The minimum atomic E-state index is -0.0490. The third-order valence-electron chi connectivity index (χ3n) is 4.39. The minimum Gasteiger partial charge on any atom is -0.119 e. The topological polar surface area (TPSA) is 0 Å². The molecule has 0 aliphatic rings. The van der Waals surface area contributed by atoms with Crippen molar-refractivity contribution in [1.29, 1.82) is 0 Å². The molecule has 2 atom stereocenters. The number of terminal acetylenes is 2. The van der Waals surface area contributed by atoms with E-state index < -0.39 is 0 Å². The van der Waals surface area contributed by atoms with Gasteiger partial charge in [-0.3, -0.25) is 0 Å². The van der Waals surface area contributed by atoms with Crippen molar-refractivity contribution < 1.29 is 0 Å². The first-order valence-electron chi connectivity index (χ1n) is 8.73. The van der Waals surface area contributed by atoms with Crippen LogP contribution in [0.25, 0.3) is 0 Å². The second-order valence-corrected chi connectivity index (χ2v) is 8.09. The molecule has 0 fully saturated rings. The first-order valence-corrected chi connectivity index (χ1v) is 9.68. The van der Waals surface area contributed by atoms with Gasteiger partial charge in [-0.05, 0) is 34.1 Å². The van der Waals surface area contributed by atoms with Crippen molar-refractivity contribution in [3.05, 3.63) is 70.8 Å². The Balaban J connectivity index is 2.18. The Bertz CT molecular complexity index is 684. The van der Waals surface area contributed by atoms with E-state index in [1.165, 1.54) is 11.1 Å². The molecule has 0 saturated heterocycles. The van der Waals surface area contributed by atoms with E-state index in [9.17, 15) is 0 Å². The Morgan fingerprint density at radius 1 is 0.600 bits per heavy atom. The fraction of sp³-hybridized carbons (Fsp3) is 0.333. The van der Waals surface area contributed by atoms with E-state index in [4.69, 9.17) is 12.8 Å². The lowest BCUT2D eigenvalue weighted by atomic mass is 10.0. The van der Waals surface area contributed by atoms with Gasteiger partial charge in [-0.2, -0.15) is 0 Å². The predicted molar refractivity (Wildman–Crippen MR) is 112 cm³/mol. The number of rotatable bonds is 6. The molecule has 0 aromatic heterocycles. The highest BCUT2D eigenvalue weighted by atomic mass is 32.2. The van der Waals surface area contributed by atoms with Crippen LogP contribution in [0.2, 0.25) is 0 Å². The van der Waals surface area contributed by atoms with E-state index in [2.05, 4.69) is 88.1 Å². The average Bonchev–Trinajstić information content (AvgIpc) is 2.63. The Morgan fingerprint density at radius 2 is 0.880 bits per heavy atom. The summed E-state index contributed by atoms with van der Waals surface area (Å²) < 4.78 is 0. The third-order valence-corrected chi connectivity index (χ3v) is 5.75. The molecule has 0 saturated carbocycles. The van der Waals surface area contributed by atoms with Gasteiger partial charge in [0.1, 0.15) is 0 Å². The maximum Gasteiger partial charge on any atom is 0.0919 e. The zero-order valence-electron chi connectivity index (χ0n) is 15.5. The molecule has 2 unspecified atom stereocenters. The van der Waals surface area contributed by atoms with E-state index >= 15 is 0 Å². The van der Waals surface area contributed by atoms with Crippen LogP contribution in [0.4, 0.5) is 0 Å². The molecule has 0 bridgehead atoms. The van der Waals surface area contributed by atoms with Gasteiger partial charge < -0.3 is 0 Å². The predicted octanol–water partition coefficient (Wildman–Crippen LogP) is 6.72. The SMILES string of the molecule is C#CC(SC(C#C)c1ccc(C(C)C)cc1)c1ccc(C(C)C)cc1. The van der Waals surface area contributed by atoms with Gasteiger partial charge in [0.25, 0.3) is 0 Å². The summed E-state index contributed by atoms with van der Waals surface area (Å²) in [4.78, 5) is 0. The zero-order chi connectivity index (χ0) is 18.4. The van der Waals surface area contributed by atoms with Crippen molar-refractivity contribution >= 4 is 11.8 Å². The summed E-state index contributed by atoms with van der Waals surface area (Å²) in [6.45, 7) is 8.77. The third kappa shape index (κ3) is 4.94. The molecule has 0 aliphatic carbocycles. The second kappa shape index (κ2) is 8.84. The van der Waals surface area contributed by atoms with E-state index in [1.807, 2.05) is 0 Å². The monoisotopic (exact) mass is 346 g/mol. The van der Waals surface area contributed by atoms with Crippen LogP contribution < -0.4 is 0 Å². The lowest BCUT2D eigenvalue weighted by Crippen LogP contribution is -1.99. The summed E-state index contributed by atoms with van der Waals surface area (Å²) in [6.07, 6.45) is 11.6. The van der Waals surface area contributed by atoms with E-state index in [1.54, 1.807) is 11.8 Å². The normalized spacial score (nSPS) is 13.3. The van der Waals surface area contributed by atoms with E-state index in [-0.39, 0.29) is 10.5 Å². The minimum absolute atomic E-state index is 0.0490. The van der Waals surface area contributed by atoms with Gasteiger partial charge in [0.15, 0.2) is 0 Å². The van der Waals surface area contributed by atoms with Crippen LogP contribution in [0.5, 0.6) is 0 Å². The smallest absolute Gasteiger partial charge is 0.0919 e. The van der Waals surface area contributed by atoms with Crippen LogP contribution in [-0.2, 0) is 0 Å². The molecule has 2 aromatic rings. The number of benzene rings is 2. The fourth-order valence-corrected chi connectivity index (χ4v) is 3.73. The Hall–Kier alpha value is -2.09. The highest BCUT2D eigenvalue weighted by Crippen LogP contribution is 2.40. The Labute approximate surface area is 157 Å². The first-order chi connectivity index (χ1) is 12.0. The van der Waals surface area contributed by atoms with Crippen LogP contribution in [0.1, 0.15) is 72.3 Å². The van der Waals surface area contributed by atoms with Crippen molar-refractivity contribution in [2.75, 3.05) is 0 Å². The molecular weight excluding hydrogens is 320 g/mol. The maximum absolute atomic E-state index is 5.81. The highest BCUT2D eigenvalue weighted by molar-refractivity contribution is 8.00. The van der Waals surface area contributed by atoms with Gasteiger partial charge in [-0.1, -0.05) is 88.1 Å². The molecule has 2 rings (SSSR count). The lowest BCUT2D eigenvalue weighted by Gasteiger charge is -2.18. The average molecular weight is 347 g/mol. The summed E-state index contributed by atoms with van der Waals surface area (Å²) >= 11 is 1.65. The Kier molecular flexibility index (Phi) is 6.81. The standard InChI is InChI=1S/C24H26S/c1-7-23(21-13-9-19(10-14-21)17(3)4)25-24(8-2)22-15-11-20(12-16-22)18(5)6/h1-2,9-18,23-24H,3-6H3. The van der Waals surface area contributed by atoms with Crippen LogP contribution >= 0.6 is 11.8 Å². The molecule has 0 heterocycles. The molecule has 2 aromatic carbocycles. The molecule has 0 nitrogen and oxygen atoms in total. The summed E-state index contributed by atoms with van der Waals surface area (Å²) in [5.74, 6) is 6.83. The molecule has 0 spiro atoms. The van der Waals surface area contributed by atoms with Crippen LogP contribution in [0.3, 0.4) is 0 Å². The van der Waals surface area contributed by atoms with Crippen molar-refractivity contribution in [3.63, 3.8) is 0 Å². The first kappa shape index (κ1) is 19.2. The van der Waals surface area contributed by atoms with E-state index in [0.29, 0.717) is 11.8 Å². The molecule has 0 amide bonds. The fourth-order valence-electron chi connectivity index (χ4n) is 2.68. The zero-order valence-corrected chi connectivity index (χ0v) is 16.3. The van der Waals surface area contributed by atoms with Crippen LogP contribution in [0, 0.1) is 24.7 Å². The van der Waals surface area contributed by atoms with Crippen LogP contribution in [0.15, 0.2) is 48.5 Å². The van der Waals surface area contributed by atoms with Crippen molar-refractivity contribution in [2.45, 2.75) is 50.0 Å². The summed E-state index contributed by atoms with van der Waals surface area (Å²) in [7, 11) is 0. The largest absolute Gasteiger partial charge is 0.119 e. The molecule has 0 radical (unpaired) electrons. The summed E-state index contributed by atoms with van der Waals surface area (Å²) in [6, 6.07) is 17.1. The van der Waals surface area contributed by atoms with E-state index in [0.717, 1.165) is 11.1 Å². The van der Waals surface area contributed by atoms with Gasteiger partial charge >= 0.3 is 0 Å². The molecule has 0 N–H and O–H groups in total. The van der Waals surface area contributed by atoms with Gasteiger partial charge in [-0.25, -0.2) is 0 Å². The highest BCUT2D eigenvalue weighted by Gasteiger charge is 2.17. The maximum atomic E-state index is 5.81. The molecule has 128 valence electrons. The second-order valence-electron chi connectivity index (χ2n) is 6.87. The van der Waals surface area contributed by atoms with Gasteiger partial charge in [0.05, 0.1) is 10.5 Å². The number of hydrogen-bond acceptors (Lipinski definition) is 1. The lowest BCUT2D eigenvalue weighted by molar-refractivity contribution is 0.865.